The summed E-state index contributed by atoms with van der Waals surface area (Å²) >= 11 is 4.84. The third-order valence-electron chi connectivity index (χ3n) is 2.15. The van der Waals surface area contributed by atoms with Crippen molar-refractivity contribution >= 4 is 17.2 Å². The molecule has 1 rings (SSSR count). The molecule has 0 heterocycles. The van der Waals surface area contributed by atoms with E-state index in [0.29, 0.717) is 11.4 Å². The molecule has 0 spiro atoms. The second-order valence-corrected chi connectivity index (χ2v) is 4.39. The molecule has 2 nitrogen and oxygen atoms in total. The lowest BCUT2D eigenvalue weighted by Gasteiger charge is -2.16. The molecule has 0 radical (unpaired) electrons. The van der Waals surface area contributed by atoms with Gasteiger partial charge in [-0.3, -0.25) is 0 Å². The summed E-state index contributed by atoms with van der Waals surface area (Å²) in [4.78, 5) is 0.493. The molecule has 1 unspecified atom stereocenters. The van der Waals surface area contributed by atoms with E-state index >= 15 is 0 Å². The maximum absolute atomic E-state index is 5.74. The van der Waals surface area contributed by atoms with Gasteiger partial charge in [-0.1, -0.05) is 29.9 Å². The van der Waals surface area contributed by atoms with Crippen molar-refractivity contribution in [3.63, 3.8) is 0 Å². The van der Waals surface area contributed by atoms with Gasteiger partial charge in [0, 0.05) is 6.42 Å². The van der Waals surface area contributed by atoms with E-state index in [2.05, 4.69) is 13.0 Å². The molecule has 0 saturated heterocycles. The standard InChI is InChI=1S/C12H17NOS/c1-8-4-5-11(9(2)6-8)14-10(3)7-12(13)15/h4-6,10H,7H2,1-3H3,(H2,13,15). The minimum Gasteiger partial charge on any atom is -0.490 e. The second-order valence-electron chi connectivity index (χ2n) is 3.87. The third-order valence-corrected chi connectivity index (χ3v) is 2.31. The van der Waals surface area contributed by atoms with Crippen molar-refractivity contribution in [1.29, 1.82) is 0 Å². The van der Waals surface area contributed by atoms with Crippen LogP contribution >= 0.6 is 12.2 Å². The Morgan fingerprint density at radius 2 is 2.13 bits per heavy atom. The van der Waals surface area contributed by atoms with Crippen LogP contribution in [-0.2, 0) is 0 Å². The molecule has 0 fully saturated rings. The second kappa shape index (κ2) is 5.12. The first-order valence-electron chi connectivity index (χ1n) is 5.01. The minimum atomic E-state index is 0.0314. The maximum Gasteiger partial charge on any atom is 0.122 e. The van der Waals surface area contributed by atoms with Gasteiger partial charge in [-0.25, -0.2) is 0 Å². The molecular weight excluding hydrogens is 206 g/mol. The van der Waals surface area contributed by atoms with E-state index in [0.717, 1.165) is 11.3 Å². The molecule has 1 aromatic rings. The fourth-order valence-corrected chi connectivity index (χ4v) is 1.71. The molecule has 0 amide bonds. The van der Waals surface area contributed by atoms with Crippen LogP contribution in [0.5, 0.6) is 5.75 Å². The minimum absolute atomic E-state index is 0.0314. The molecule has 0 aromatic heterocycles. The van der Waals surface area contributed by atoms with Gasteiger partial charge >= 0.3 is 0 Å². The van der Waals surface area contributed by atoms with E-state index in [-0.39, 0.29) is 6.10 Å². The van der Waals surface area contributed by atoms with Crippen LogP contribution in [0.4, 0.5) is 0 Å². The smallest absolute Gasteiger partial charge is 0.122 e. The van der Waals surface area contributed by atoms with Gasteiger partial charge in [0.2, 0.25) is 0 Å². The number of aryl methyl sites for hydroxylation is 2. The van der Waals surface area contributed by atoms with Gasteiger partial charge in [0.05, 0.1) is 4.99 Å². The van der Waals surface area contributed by atoms with Gasteiger partial charge in [0.15, 0.2) is 0 Å². The van der Waals surface area contributed by atoms with Crippen molar-refractivity contribution in [3.05, 3.63) is 29.3 Å². The summed E-state index contributed by atoms with van der Waals surface area (Å²) in [6.45, 7) is 6.07. The van der Waals surface area contributed by atoms with Crippen LogP contribution in [0.25, 0.3) is 0 Å². The van der Waals surface area contributed by atoms with Crippen LogP contribution in [0, 0.1) is 13.8 Å². The van der Waals surface area contributed by atoms with Crippen LogP contribution in [0.1, 0.15) is 24.5 Å². The summed E-state index contributed by atoms with van der Waals surface area (Å²) in [5, 5.41) is 0. The van der Waals surface area contributed by atoms with E-state index < -0.39 is 0 Å². The molecule has 3 heteroatoms. The van der Waals surface area contributed by atoms with Crippen LogP contribution < -0.4 is 10.5 Å². The number of hydrogen-bond donors (Lipinski definition) is 1. The highest BCUT2D eigenvalue weighted by Crippen LogP contribution is 2.20. The highest BCUT2D eigenvalue weighted by molar-refractivity contribution is 7.80. The topological polar surface area (TPSA) is 35.2 Å². The number of ether oxygens (including phenoxy) is 1. The predicted molar refractivity (Wildman–Crippen MR) is 67.4 cm³/mol. The Balaban J connectivity index is 2.68. The van der Waals surface area contributed by atoms with E-state index in [9.17, 15) is 0 Å². The molecule has 82 valence electrons. The SMILES string of the molecule is Cc1ccc(OC(C)CC(N)=S)c(C)c1. The van der Waals surface area contributed by atoms with E-state index in [1.54, 1.807) is 0 Å². The third kappa shape index (κ3) is 3.88. The summed E-state index contributed by atoms with van der Waals surface area (Å²) in [5.41, 5.74) is 7.84. The number of rotatable bonds is 4. The summed E-state index contributed by atoms with van der Waals surface area (Å²) in [7, 11) is 0. The van der Waals surface area contributed by atoms with Crippen molar-refractivity contribution in [3.8, 4) is 5.75 Å². The Morgan fingerprint density at radius 3 is 2.67 bits per heavy atom. The van der Waals surface area contributed by atoms with Gasteiger partial charge < -0.3 is 10.5 Å². The largest absolute Gasteiger partial charge is 0.490 e. The Bertz CT molecular complexity index is 363. The van der Waals surface area contributed by atoms with Crippen LogP contribution in [0.3, 0.4) is 0 Å². The summed E-state index contributed by atoms with van der Waals surface area (Å²) in [6.07, 6.45) is 0.645. The van der Waals surface area contributed by atoms with Crippen LogP contribution in [0.2, 0.25) is 0 Å². The molecule has 1 atom stereocenters. The van der Waals surface area contributed by atoms with E-state index in [1.165, 1.54) is 5.56 Å². The van der Waals surface area contributed by atoms with Crippen LogP contribution in [0.15, 0.2) is 18.2 Å². The highest BCUT2D eigenvalue weighted by atomic mass is 32.1. The number of hydrogen-bond acceptors (Lipinski definition) is 2. The zero-order valence-corrected chi connectivity index (χ0v) is 10.2. The lowest BCUT2D eigenvalue weighted by Crippen LogP contribution is -2.21. The van der Waals surface area contributed by atoms with Crippen LogP contribution in [-0.4, -0.2) is 11.1 Å². The van der Waals surface area contributed by atoms with Gasteiger partial charge in [-0.05, 0) is 32.4 Å². The number of thiocarbonyl (C=S) groups is 1. The lowest BCUT2D eigenvalue weighted by molar-refractivity contribution is 0.228. The van der Waals surface area contributed by atoms with E-state index in [1.807, 2.05) is 26.0 Å². The van der Waals surface area contributed by atoms with Gasteiger partial charge in [0.1, 0.15) is 11.9 Å². The van der Waals surface area contributed by atoms with Gasteiger partial charge in [0.25, 0.3) is 0 Å². The fourth-order valence-electron chi connectivity index (χ4n) is 1.47. The molecule has 2 N–H and O–H groups in total. The molecule has 0 aliphatic heterocycles. The molecule has 0 bridgehead atoms. The normalized spacial score (nSPS) is 12.2. The first kappa shape index (κ1) is 12.0. The monoisotopic (exact) mass is 223 g/mol. The Labute approximate surface area is 96.4 Å². The average Bonchev–Trinajstić information content (AvgIpc) is 2.08. The first-order chi connectivity index (χ1) is 6.99. The van der Waals surface area contributed by atoms with Gasteiger partial charge in [-0.15, -0.1) is 0 Å². The fraction of sp³-hybridized carbons (Fsp3) is 0.417. The molecule has 0 saturated carbocycles. The zero-order chi connectivity index (χ0) is 11.4. The Morgan fingerprint density at radius 1 is 1.47 bits per heavy atom. The zero-order valence-electron chi connectivity index (χ0n) is 9.41. The van der Waals surface area contributed by atoms with Crippen molar-refractivity contribution in [2.45, 2.75) is 33.3 Å². The van der Waals surface area contributed by atoms with Crippen molar-refractivity contribution in [2.75, 3.05) is 0 Å². The first-order valence-corrected chi connectivity index (χ1v) is 5.42. The number of nitrogens with two attached hydrogens (primary N) is 1. The Kier molecular flexibility index (Phi) is 4.09. The summed E-state index contributed by atoms with van der Waals surface area (Å²) < 4.78 is 5.74. The molecular formula is C12H17NOS. The molecule has 0 aliphatic carbocycles. The summed E-state index contributed by atoms with van der Waals surface area (Å²) in [5.74, 6) is 0.907. The average molecular weight is 223 g/mol. The predicted octanol–water partition coefficient (Wildman–Crippen LogP) is 2.75. The van der Waals surface area contributed by atoms with E-state index in [4.69, 9.17) is 22.7 Å². The van der Waals surface area contributed by atoms with Crippen molar-refractivity contribution in [1.82, 2.24) is 0 Å². The van der Waals surface area contributed by atoms with Crippen molar-refractivity contribution in [2.24, 2.45) is 5.73 Å². The molecule has 15 heavy (non-hydrogen) atoms. The molecule has 0 aliphatic rings. The van der Waals surface area contributed by atoms with Crippen molar-refractivity contribution < 1.29 is 4.74 Å². The lowest BCUT2D eigenvalue weighted by atomic mass is 10.1. The highest BCUT2D eigenvalue weighted by Gasteiger charge is 2.07. The summed E-state index contributed by atoms with van der Waals surface area (Å²) in [6, 6.07) is 6.12. The molecule has 1 aromatic carbocycles. The van der Waals surface area contributed by atoms with Gasteiger partial charge in [-0.2, -0.15) is 0 Å². The maximum atomic E-state index is 5.74. The number of benzene rings is 1. The quantitative estimate of drug-likeness (QED) is 0.797. The Hall–Kier alpha value is -1.09.